The van der Waals surface area contributed by atoms with Gasteiger partial charge in [-0.25, -0.2) is 4.98 Å². The first kappa shape index (κ1) is 15.1. The fourth-order valence-corrected chi connectivity index (χ4v) is 4.04. The Kier molecular flexibility index (Phi) is 4.12. The van der Waals surface area contributed by atoms with E-state index >= 15 is 0 Å². The zero-order valence-electron chi connectivity index (χ0n) is 11.5. The van der Waals surface area contributed by atoms with E-state index in [4.69, 9.17) is 16.7 Å². The van der Waals surface area contributed by atoms with Gasteiger partial charge in [-0.2, -0.15) is 11.8 Å². The second-order valence-corrected chi connectivity index (χ2v) is 7.78. The predicted molar refractivity (Wildman–Crippen MR) is 88.6 cm³/mol. The van der Waals surface area contributed by atoms with Crippen molar-refractivity contribution in [2.75, 3.05) is 12.0 Å². The quantitative estimate of drug-likeness (QED) is 0.810. The Hall–Kier alpha value is -0.850. The zero-order chi connectivity index (χ0) is 15.0. The van der Waals surface area contributed by atoms with Crippen molar-refractivity contribution in [2.45, 2.75) is 29.3 Å². The summed E-state index contributed by atoms with van der Waals surface area (Å²) in [7, 11) is 0. The average Bonchev–Trinajstić information content (AvgIpc) is 3.14. The highest BCUT2D eigenvalue weighted by Gasteiger charge is 2.43. The minimum Gasteiger partial charge on any atom is -0.481 e. The summed E-state index contributed by atoms with van der Waals surface area (Å²) >= 11 is 9.35. The summed E-state index contributed by atoms with van der Waals surface area (Å²) in [5, 5.41) is 10.2. The van der Waals surface area contributed by atoms with Crippen LogP contribution < -0.4 is 0 Å². The number of carbonyl (C=O) groups is 1. The van der Waals surface area contributed by atoms with Crippen LogP contribution in [0.25, 0.3) is 11.0 Å². The lowest BCUT2D eigenvalue weighted by atomic mass is 10.3. The summed E-state index contributed by atoms with van der Waals surface area (Å²) in [6, 6.07) is 5.72. The van der Waals surface area contributed by atoms with Gasteiger partial charge in [0.15, 0.2) is 5.16 Å². The van der Waals surface area contributed by atoms with Crippen molar-refractivity contribution in [3.8, 4) is 0 Å². The lowest BCUT2D eigenvalue weighted by Crippen LogP contribution is -2.14. The van der Waals surface area contributed by atoms with Crippen LogP contribution in [-0.2, 0) is 11.3 Å². The van der Waals surface area contributed by atoms with Crippen molar-refractivity contribution in [3.05, 3.63) is 23.2 Å². The van der Waals surface area contributed by atoms with Gasteiger partial charge in [-0.15, -0.1) is 0 Å². The van der Waals surface area contributed by atoms with Crippen LogP contribution in [0.5, 0.6) is 0 Å². The summed E-state index contributed by atoms with van der Waals surface area (Å²) in [5.74, 6) is -0.830. The normalized spacial score (nSPS) is 16.3. The van der Waals surface area contributed by atoms with Crippen LogP contribution in [0, 0.1) is 0 Å². The second-order valence-electron chi connectivity index (χ2n) is 5.16. The van der Waals surface area contributed by atoms with Gasteiger partial charge in [-0.3, -0.25) is 4.79 Å². The molecule has 0 bridgehead atoms. The molecular weight excluding hydrogens is 328 g/mol. The molecule has 1 saturated carbocycles. The molecule has 0 aliphatic heterocycles. The number of fused-ring (bicyclic) bond motifs is 1. The number of carboxylic acid groups (broad SMARTS) is 1. The van der Waals surface area contributed by atoms with E-state index in [1.165, 1.54) is 24.6 Å². The third kappa shape index (κ3) is 3.03. The molecule has 0 unspecified atom stereocenters. The van der Waals surface area contributed by atoms with Gasteiger partial charge in [-0.05, 0) is 31.2 Å². The first-order valence-electron chi connectivity index (χ1n) is 6.59. The predicted octanol–water partition coefficient (Wildman–Crippen LogP) is 3.76. The number of carboxylic acids is 1. The molecule has 0 radical (unpaired) electrons. The number of nitrogens with zero attached hydrogens (tertiary/aromatic N) is 2. The van der Waals surface area contributed by atoms with Crippen LogP contribution in [0.3, 0.4) is 0 Å². The Morgan fingerprint density at radius 3 is 2.90 bits per heavy atom. The molecule has 0 amide bonds. The van der Waals surface area contributed by atoms with E-state index in [0.717, 1.165) is 22.7 Å². The summed E-state index contributed by atoms with van der Waals surface area (Å²) in [6.45, 7) is 0.854. The molecule has 1 N–H and O–H groups in total. The van der Waals surface area contributed by atoms with E-state index in [1.54, 1.807) is 0 Å². The Morgan fingerprint density at radius 1 is 1.52 bits per heavy atom. The largest absolute Gasteiger partial charge is 0.481 e. The molecule has 112 valence electrons. The molecule has 3 rings (SSSR count). The molecule has 0 spiro atoms. The number of hydrogen-bond acceptors (Lipinski definition) is 4. The smallest absolute Gasteiger partial charge is 0.313 e. The number of benzene rings is 1. The van der Waals surface area contributed by atoms with E-state index in [2.05, 4.69) is 15.8 Å². The number of halogens is 1. The molecule has 1 fully saturated rings. The van der Waals surface area contributed by atoms with Crippen LogP contribution in [0.1, 0.15) is 12.8 Å². The highest BCUT2D eigenvalue weighted by molar-refractivity contribution is 8.00. The third-order valence-corrected chi connectivity index (χ3v) is 6.38. The van der Waals surface area contributed by atoms with Gasteiger partial charge in [-0.1, -0.05) is 29.4 Å². The summed E-state index contributed by atoms with van der Waals surface area (Å²) < 4.78 is 2.40. The number of imidazole rings is 1. The Morgan fingerprint density at radius 2 is 2.29 bits per heavy atom. The molecule has 1 aliphatic rings. The van der Waals surface area contributed by atoms with Crippen LogP contribution in [0.2, 0.25) is 5.02 Å². The number of rotatable bonds is 6. The number of aromatic nitrogens is 2. The van der Waals surface area contributed by atoms with E-state index < -0.39 is 5.97 Å². The summed E-state index contributed by atoms with van der Waals surface area (Å²) in [6.07, 6.45) is 4.51. The topological polar surface area (TPSA) is 55.1 Å². The number of thioether (sulfide) groups is 2. The molecule has 1 aromatic carbocycles. The molecule has 1 heterocycles. The molecular formula is C14H15ClN2O2S2. The fourth-order valence-electron chi connectivity index (χ4n) is 2.34. The lowest BCUT2D eigenvalue weighted by Gasteiger charge is -2.15. The van der Waals surface area contributed by atoms with Gasteiger partial charge in [0.05, 0.1) is 16.3 Å². The van der Waals surface area contributed by atoms with Crippen molar-refractivity contribution in [2.24, 2.45) is 0 Å². The molecule has 1 aliphatic carbocycles. The summed E-state index contributed by atoms with van der Waals surface area (Å²) in [5.41, 5.74) is 1.74. The maximum Gasteiger partial charge on any atom is 0.313 e. The molecule has 0 saturated heterocycles. The Balaban J connectivity index is 2.02. The first-order valence-corrected chi connectivity index (χ1v) is 9.18. The zero-order valence-corrected chi connectivity index (χ0v) is 13.9. The van der Waals surface area contributed by atoms with Crippen LogP contribution in [0.15, 0.2) is 23.4 Å². The van der Waals surface area contributed by atoms with Gasteiger partial charge in [0, 0.05) is 11.3 Å². The lowest BCUT2D eigenvalue weighted by molar-refractivity contribution is -0.133. The standard InChI is InChI=1S/C14H15ClN2O2S2/c1-20-14(5-6-14)8-17-10-4-2-3-9(15)12(10)16-13(17)21-7-11(18)19/h2-4H,5-8H2,1H3,(H,18,19). The number of aliphatic carboxylic acids is 1. The van der Waals surface area contributed by atoms with E-state index in [9.17, 15) is 4.79 Å². The van der Waals surface area contributed by atoms with E-state index in [0.29, 0.717) is 5.02 Å². The van der Waals surface area contributed by atoms with Crippen molar-refractivity contribution in [1.82, 2.24) is 9.55 Å². The number of hydrogen-bond donors (Lipinski definition) is 1. The molecule has 1 aromatic heterocycles. The van der Waals surface area contributed by atoms with E-state index in [1.807, 2.05) is 30.0 Å². The molecule has 4 nitrogen and oxygen atoms in total. The first-order chi connectivity index (χ1) is 10.0. The van der Waals surface area contributed by atoms with Crippen LogP contribution >= 0.6 is 35.1 Å². The fraction of sp³-hybridized carbons (Fsp3) is 0.429. The van der Waals surface area contributed by atoms with Gasteiger partial charge < -0.3 is 9.67 Å². The van der Waals surface area contributed by atoms with Crippen LogP contribution in [-0.4, -0.2) is 37.4 Å². The third-order valence-electron chi connectivity index (χ3n) is 3.71. The van der Waals surface area contributed by atoms with Gasteiger partial charge in [0.2, 0.25) is 0 Å². The Labute approximate surface area is 136 Å². The van der Waals surface area contributed by atoms with Crippen molar-refractivity contribution >= 4 is 52.1 Å². The van der Waals surface area contributed by atoms with Gasteiger partial charge in [0.25, 0.3) is 0 Å². The molecule has 2 aromatic rings. The van der Waals surface area contributed by atoms with Gasteiger partial charge in [0.1, 0.15) is 5.52 Å². The maximum absolute atomic E-state index is 10.8. The monoisotopic (exact) mass is 342 g/mol. The van der Waals surface area contributed by atoms with Crippen LogP contribution in [0.4, 0.5) is 0 Å². The molecule has 0 atom stereocenters. The second kappa shape index (κ2) is 5.74. The minimum atomic E-state index is -0.837. The SMILES string of the molecule is CSC1(Cn2c(SCC(=O)O)nc3c(Cl)cccc32)CC1. The molecule has 7 heteroatoms. The maximum atomic E-state index is 10.8. The van der Waals surface area contributed by atoms with Gasteiger partial charge >= 0.3 is 5.97 Å². The highest BCUT2D eigenvalue weighted by Crippen LogP contribution is 2.49. The minimum absolute atomic E-state index is 0.00715. The highest BCUT2D eigenvalue weighted by atomic mass is 35.5. The summed E-state index contributed by atoms with van der Waals surface area (Å²) in [4.78, 5) is 15.4. The van der Waals surface area contributed by atoms with Crippen molar-refractivity contribution in [1.29, 1.82) is 0 Å². The van der Waals surface area contributed by atoms with Crippen molar-refractivity contribution < 1.29 is 9.90 Å². The molecule has 21 heavy (non-hydrogen) atoms. The number of para-hydroxylation sites is 1. The average molecular weight is 343 g/mol. The Bertz CT molecular complexity index is 698. The van der Waals surface area contributed by atoms with E-state index in [-0.39, 0.29) is 10.5 Å². The van der Waals surface area contributed by atoms with Crippen molar-refractivity contribution in [3.63, 3.8) is 0 Å².